The second-order valence-corrected chi connectivity index (χ2v) is 8.81. The zero-order valence-electron chi connectivity index (χ0n) is 12.4. The van der Waals surface area contributed by atoms with E-state index in [0.29, 0.717) is 9.99 Å². The van der Waals surface area contributed by atoms with Crippen LogP contribution in [0.4, 0.5) is 11.4 Å². The molecule has 1 saturated heterocycles. The summed E-state index contributed by atoms with van der Waals surface area (Å²) in [5, 5.41) is 0. The Balaban J connectivity index is 1.88. The van der Waals surface area contributed by atoms with E-state index >= 15 is 0 Å². The number of amides is 1. The summed E-state index contributed by atoms with van der Waals surface area (Å²) in [6.45, 7) is 0. The molecule has 24 heavy (non-hydrogen) atoms. The number of benzene rings is 2. The van der Waals surface area contributed by atoms with Gasteiger partial charge in [-0.25, -0.2) is 21.1 Å². The summed E-state index contributed by atoms with van der Waals surface area (Å²) in [4.78, 5) is 11.7. The lowest BCUT2D eigenvalue weighted by Gasteiger charge is -2.15. The predicted molar refractivity (Wildman–Crippen MR) is 89.6 cm³/mol. The third-order valence-corrected chi connectivity index (χ3v) is 6.57. The number of hydrogen-bond acceptors (Lipinski definition) is 5. The molecule has 7 nitrogen and oxygen atoms in total. The lowest BCUT2D eigenvalue weighted by atomic mass is 10.3. The van der Waals surface area contributed by atoms with Gasteiger partial charge in [-0.2, -0.15) is 0 Å². The molecule has 1 amide bonds. The van der Waals surface area contributed by atoms with Crippen LogP contribution in [0.5, 0.6) is 0 Å². The van der Waals surface area contributed by atoms with Gasteiger partial charge < -0.3 is 0 Å². The van der Waals surface area contributed by atoms with Crippen LogP contribution in [0.15, 0.2) is 59.5 Å². The third kappa shape index (κ3) is 3.13. The van der Waals surface area contributed by atoms with Crippen LogP contribution in [-0.4, -0.2) is 28.5 Å². The number of nitrogens with zero attached hydrogens (tertiary/aromatic N) is 1. The van der Waals surface area contributed by atoms with Gasteiger partial charge in [0.05, 0.1) is 16.3 Å². The van der Waals surface area contributed by atoms with Crippen LogP contribution in [0, 0.1) is 0 Å². The van der Waals surface area contributed by atoms with Crippen LogP contribution in [0.1, 0.15) is 6.42 Å². The van der Waals surface area contributed by atoms with Crippen molar-refractivity contribution in [2.75, 3.05) is 14.8 Å². The van der Waals surface area contributed by atoms with Gasteiger partial charge in [0.1, 0.15) is 0 Å². The summed E-state index contributed by atoms with van der Waals surface area (Å²) in [6, 6.07) is 13.5. The summed E-state index contributed by atoms with van der Waals surface area (Å²) >= 11 is 0. The molecule has 0 saturated carbocycles. The van der Waals surface area contributed by atoms with Gasteiger partial charge in [-0.15, -0.1) is 0 Å². The minimum atomic E-state index is -3.80. The van der Waals surface area contributed by atoms with Crippen molar-refractivity contribution in [1.82, 2.24) is 0 Å². The molecular weight excluding hydrogens is 352 g/mol. The van der Waals surface area contributed by atoms with Crippen LogP contribution in [-0.2, 0) is 24.8 Å². The van der Waals surface area contributed by atoms with Crippen LogP contribution in [0.3, 0.4) is 0 Å². The lowest BCUT2D eigenvalue weighted by molar-refractivity contribution is -0.116. The monoisotopic (exact) mass is 366 g/mol. The van der Waals surface area contributed by atoms with Gasteiger partial charge in [-0.05, 0) is 36.4 Å². The van der Waals surface area contributed by atoms with Gasteiger partial charge in [0.15, 0.2) is 0 Å². The molecule has 1 aliphatic rings. The molecule has 0 atom stereocenters. The first-order valence-electron chi connectivity index (χ1n) is 7.03. The van der Waals surface area contributed by atoms with E-state index in [0.717, 1.165) is 0 Å². The van der Waals surface area contributed by atoms with E-state index in [-0.39, 0.29) is 22.8 Å². The molecule has 0 radical (unpaired) electrons. The molecule has 9 heteroatoms. The second kappa shape index (κ2) is 5.91. The summed E-state index contributed by atoms with van der Waals surface area (Å²) in [5.74, 6) is -0.755. The number of nitrogens with one attached hydrogen (secondary N) is 1. The van der Waals surface area contributed by atoms with E-state index in [2.05, 4.69) is 4.72 Å². The van der Waals surface area contributed by atoms with Crippen LogP contribution in [0.25, 0.3) is 0 Å². The number of hydrogen-bond donors (Lipinski definition) is 1. The number of anilines is 2. The average molecular weight is 366 g/mol. The lowest BCUT2D eigenvalue weighted by Crippen LogP contribution is -2.29. The van der Waals surface area contributed by atoms with Crippen molar-refractivity contribution in [3.05, 3.63) is 54.6 Å². The number of rotatable bonds is 4. The van der Waals surface area contributed by atoms with Gasteiger partial charge in [0.25, 0.3) is 10.0 Å². The summed E-state index contributed by atoms with van der Waals surface area (Å²) in [7, 11) is -7.47. The van der Waals surface area contributed by atoms with E-state index < -0.39 is 26.0 Å². The Labute approximate surface area is 140 Å². The molecule has 1 fully saturated rings. The smallest absolute Gasteiger partial charge is 0.261 e. The molecule has 0 aromatic heterocycles. The Morgan fingerprint density at radius 3 is 2.12 bits per heavy atom. The number of carbonyl (C=O) groups excluding carboxylic acids is 1. The molecule has 1 N–H and O–H groups in total. The van der Waals surface area contributed by atoms with Gasteiger partial charge in [0.2, 0.25) is 15.9 Å². The fraction of sp³-hybridized carbons (Fsp3) is 0.133. The van der Waals surface area contributed by atoms with E-state index in [1.54, 1.807) is 30.3 Å². The Morgan fingerprint density at radius 1 is 0.958 bits per heavy atom. The predicted octanol–water partition coefficient (Wildman–Crippen LogP) is 1.55. The fourth-order valence-electron chi connectivity index (χ4n) is 2.35. The normalized spacial score (nSPS) is 17.0. The maximum Gasteiger partial charge on any atom is 0.261 e. The van der Waals surface area contributed by atoms with E-state index in [1.807, 2.05) is 0 Å². The Bertz CT molecular complexity index is 968. The highest BCUT2D eigenvalue weighted by Gasteiger charge is 2.36. The van der Waals surface area contributed by atoms with Crippen molar-refractivity contribution in [3.63, 3.8) is 0 Å². The van der Waals surface area contributed by atoms with Crippen molar-refractivity contribution >= 4 is 37.3 Å². The molecule has 1 aliphatic heterocycles. The molecule has 2 aromatic rings. The average Bonchev–Trinajstić information content (AvgIpc) is 2.81. The Morgan fingerprint density at radius 2 is 1.58 bits per heavy atom. The topological polar surface area (TPSA) is 101 Å². The maximum absolute atomic E-state index is 12.3. The highest BCUT2D eigenvalue weighted by Crippen LogP contribution is 2.26. The number of carbonyl (C=O) groups is 1. The standard InChI is InChI=1S/C15H14N2O5S2/c18-15-10-11-23(19,20)17(15)13-6-8-14(9-7-13)24(21,22)16-12-4-2-1-3-5-12/h1-9,16H,10-11H2. The van der Waals surface area contributed by atoms with Crippen LogP contribution < -0.4 is 9.03 Å². The van der Waals surface area contributed by atoms with Crippen molar-refractivity contribution in [3.8, 4) is 0 Å². The largest absolute Gasteiger partial charge is 0.280 e. The highest BCUT2D eigenvalue weighted by atomic mass is 32.2. The molecule has 1 heterocycles. The van der Waals surface area contributed by atoms with E-state index in [1.165, 1.54) is 24.3 Å². The van der Waals surface area contributed by atoms with Crippen LogP contribution >= 0.6 is 0 Å². The SMILES string of the molecule is O=C1CCS(=O)(=O)N1c1ccc(S(=O)(=O)Nc2ccccc2)cc1. The minimum Gasteiger partial charge on any atom is -0.280 e. The zero-order chi connectivity index (χ0) is 17.4. The fourth-order valence-corrected chi connectivity index (χ4v) is 4.87. The highest BCUT2D eigenvalue weighted by molar-refractivity contribution is 7.94. The summed E-state index contributed by atoms with van der Waals surface area (Å²) < 4.78 is 51.5. The molecule has 3 rings (SSSR count). The van der Waals surface area contributed by atoms with Gasteiger partial charge in [-0.3, -0.25) is 9.52 Å². The second-order valence-electron chi connectivity index (χ2n) is 5.19. The van der Waals surface area contributed by atoms with Crippen LogP contribution in [0.2, 0.25) is 0 Å². The molecular formula is C15H14N2O5S2. The van der Waals surface area contributed by atoms with Crippen molar-refractivity contribution < 1.29 is 21.6 Å². The van der Waals surface area contributed by atoms with Crippen molar-refractivity contribution in [1.29, 1.82) is 0 Å². The molecule has 0 bridgehead atoms. The first-order chi connectivity index (χ1) is 11.3. The molecule has 0 spiro atoms. The molecule has 2 aromatic carbocycles. The number of sulfonamides is 2. The Kier molecular flexibility index (Phi) is 4.06. The quantitative estimate of drug-likeness (QED) is 0.885. The molecule has 0 aliphatic carbocycles. The summed E-state index contributed by atoms with van der Waals surface area (Å²) in [5.41, 5.74) is 0.551. The van der Waals surface area contributed by atoms with Gasteiger partial charge >= 0.3 is 0 Å². The van der Waals surface area contributed by atoms with Crippen molar-refractivity contribution in [2.24, 2.45) is 0 Å². The minimum absolute atomic E-state index is 0.0286. The first kappa shape index (κ1) is 16.5. The first-order valence-corrected chi connectivity index (χ1v) is 10.1. The van der Waals surface area contributed by atoms with Gasteiger partial charge in [-0.1, -0.05) is 18.2 Å². The van der Waals surface area contributed by atoms with Crippen molar-refractivity contribution in [2.45, 2.75) is 11.3 Å². The zero-order valence-corrected chi connectivity index (χ0v) is 14.0. The van der Waals surface area contributed by atoms with Gasteiger partial charge in [0, 0.05) is 12.1 Å². The van der Waals surface area contributed by atoms with E-state index in [9.17, 15) is 21.6 Å². The summed E-state index contributed by atoms with van der Waals surface area (Å²) in [6.07, 6.45) is -0.0715. The maximum atomic E-state index is 12.3. The Hall–Kier alpha value is -2.39. The van der Waals surface area contributed by atoms with E-state index in [4.69, 9.17) is 0 Å². The third-order valence-electron chi connectivity index (χ3n) is 3.49. The number of para-hydroxylation sites is 1. The molecule has 0 unspecified atom stereocenters. The molecule has 126 valence electrons.